The molecule has 0 spiro atoms. The van der Waals surface area contributed by atoms with E-state index in [-0.39, 0.29) is 17.6 Å². The molecule has 0 unspecified atom stereocenters. The van der Waals surface area contributed by atoms with E-state index in [1.165, 1.54) is 0 Å². The number of nitriles is 1. The van der Waals surface area contributed by atoms with Crippen molar-refractivity contribution in [1.29, 1.82) is 5.26 Å². The van der Waals surface area contributed by atoms with Gasteiger partial charge in [0.2, 0.25) is 0 Å². The lowest BCUT2D eigenvalue weighted by Crippen LogP contribution is -2.26. The smallest absolute Gasteiger partial charge is 0.261 e. The molecule has 6 heteroatoms. The summed E-state index contributed by atoms with van der Waals surface area (Å²) in [5.74, 6) is 0.533. The predicted octanol–water partition coefficient (Wildman–Crippen LogP) is 2.32. The van der Waals surface area contributed by atoms with Crippen LogP contribution in [0, 0.1) is 11.3 Å². The fraction of sp³-hybridized carbons (Fsp3) is 0.316. The van der Waals surface area contributed by atoms with Gasteiger partial charge in [0.05, 0.1) is 6.33 Å². The summed E-state index contributed by atoms with van der Waals surface area (Å²) in [4.78, 5) is 16.1. The fourth-order valence-corrected chi connectivity index (χ4v) is 2.82. The summed E-state index contributed by atoms with van der Waals surface area (Å²) in [5, 5.41) is 12.1. The maximum Gasteiger partial charge on any atom is 0.261 e. The van der Waals surface area contributed by atoms with E-state index in [2.05, 4.69) is 10.3 Å². The Hall–Kier alpha value is -3.07. The molecule has 2 aromatic rings. The first-order valence-electron chi connectivity index (χ1n) is 8.31. The highest BCUT2D eigenvalue weighted by atomic mass is 16.5. The summed E-state index contributed by atoms with van der Waals surface area (Å²) in [5.41, 5.74) is 2.05. The standard InChI is InChI=1S/C19H20N4O2/c1-14-9-16-10-15(3-4-18(16)25-14)11-17(12-20)19(24)22-5-2-7-23-8-6-21-13-23/h3-4,6,8,10-11,13-14H,2,5,7,9H2,1H3,(H,22,24)/b17-11+/t14-/m0/s1. The largest absolute Gasteiger partial charge is 0.490 e. The molecule has 0 radical (unpaired) electrons. The van der Waals surface area contributed by atoms with Crippen molar-refractivity contribution in [2.24, 2.45) is 0 Å². The second kappa shape index (κ2) is 7.67. The molecule has 1 amide bonds. The molecule has 1 aliphatic rings. The topological polar surface area (TPSA) is 79.9 Å². The van der Waals surface area contributed by atoms with Crippen LogP contribution in [-0.4, -0.2) is 28.1 Å². The maximum atomic E-state index is 12.2. The SMILES string of the molecule is C[C@H]1Cc2cc(/C=C(\C#N)C(=O)NCCCn3ccnc3)ccc2O1. The molecule has 1 aliphatic heterocycles. The highest BCUT2D eigenvalue weighted by Gasteiger charge is 2.19. The zero-order valence-corrected chi connectivity index (χ0v) is 14.1. The average Bonchev–Trinajstić information content (AvgIpc) is 3.24. The molecule has 2 heterocycles. The molecule has 1 atom stereocenters. The third-order valence-corrected chi connectivity index (χ3v) is 4.03. The molecule has 6 nitrogen and oxygen atoms in total. The van der Waals surface area contributed by atoms with Crippen LogP contribution < -0.4 is 10.1 Å². The van der Waals surface area contributed by atoms with Crippen LogP contribution in [-0.2, 0) is 17.8 Å². The second-order valence-electron chi connectivity index (χ2n) is 6.08. The molecular formula is C19H20N4O2. The zero-order valence-electron chi connectivity index (χ0n) is 14.1. The minimum atomic E-state index is -0.349. The third-order valence-electron chi connectivity index (χ3n) is 4.03. The van der Waals surface area contributed by atoms with Gasteiger partial charge >= 0.3 is 0 Å². The lowest BCUT2D eigenvalue weighted by Gasteiger charge is -2.05. The van der Waals surface area contributed by atoms with Gasteiger partial charge in [-0.1, -0.05) is 6.07 Å². The number of carbonyl (C=O) groups excluding carboxylic acids is 1. The number of imidazole rings is 1. The maximum absolute atomic E-state index is 12.2. The van der Waals surface area contributed by atoms with Crippen LogP contribution in [0.1, 0.15) is 24.5 Å². The number of nitrogens with zero attached hydrogens (tertiary/aromatic N) is 3. The lowest BCUT2D eigenvalue weighted by atomic mass is 10.0. The van der Waals surface area contributed by atoms with Crippen molar-refractivity contribution in [1.82, 2.24) is 14.9 Å². The number of hydrogen-bond acceptors (Lipinski definition) is 4. The fourth-order valence-electron chi connectivity index (χ4n) is 2.82. The molecule has 0 bridgehead atoms. The number of benzene rings is 1. The van der Waals surface area contributed by atoms with Gasteiger partial charge < -0.3 is 14.6 Å². The Morgan fingerprint density at radius 1 is 1.56 bits per heavy atom. The molecule has 1 aromatic heterocycles. The van der Waals surface area contributed by atoms with Crippen molar-refractivity contribution in [3.8, 4) is 11.8 Å². The summed E-state index contributed by atoms with van der Waals surface area (Å²) in [6.45, 7) is 3.30. The Bertz CT molecular complexity index is 818. The predicted molar refractivity (Wildman–Crippen MR) is 93.7 cm³/mol. The van der Waals surface area contributed by atoms with E-state index < -0.39 is 0 Å². The molecule has 0 saturated carbocycles. The lowest BCUT2D eigenvalue weighted by molar-refractivity contribution is -0.117. The van der Waals surface area contributed by atoms with Crippen LogP contribution >= 0.6 is 0 Å². The average molecular weight is 336 g/mol. The Morgan fingerprint density at radius 2 is 2.44 bits per heavy atom. The van der Waals surface area contributed by atoms with E-state index in [4.69, 9.17) is 4.74 Å². The first-order valence-corrected chi connectivity index (χ1v) is 8.31. The minimum absolute atomic E-state index is 0.106. The van der Waals surface area contributed by atoms with Crippen LogP contribution in [0.15, 0.2) is 42.5 Å². The molecule has 1 N–H and O–H groups in total. The summed E-state index contributed by atoms with van der Waals surface area (Å²) in [7, 11) is 0. The number of fused-ring (bicyclic) bond motifs is 1. The summed E-state index contributed by atoms with van der Waals surface area (Å²) < 4.78 is 7.61. The van der Waals surface area contributed by atoms with Crippen molar-refractivity contribution in [3.05, 3.63) is 53.6 Å². The van der Waals surface area contributed by atoms with Gasteiger partial charge in [-0.05, 0) is 42.7 Å². The molecule has 3 rings (SSSR count). The van der Waals surface area contributed by atoms with Crippen molar-refractivity contribution in [2.75, 3.05) is 6.54 Å². The number of rotatable bonds is 6. The first-order chi connectivity index (χ1) is 12.2. The number of carbonyl (C=O) groups is 1. The van der Waals surface area contributed by atoms with Gasteiger partial charge in [-0.3, -0.25) is 4.79 Å². The van der Waals surface area contributed by atoms with Gasteiger partial charge in [0.25, 0.3) is 5.91 Å². The second-order valence-corrected chi connectivity index (χ2v) is 6.08. The number of ether oxygens (including phenoxy) is 1. The van der Waals surface area contributed by atoms with Gasteiger partial charge in [0.1, 0.15) is 23.5 Å². The van der Waals surface area contributed by atoms with Gasteiger partial charge in [0.15, 0.2) is 0 Å². The van der Waals surface area contributed by atoms with Crippen molar-refractivity contribution in [2.45, 2.75) is 32.4 Å². The third kappa shape index (κ3) is 4.27. The molecule has 1 aromatic carbocycles. The van der Waals surface area contributed by atoms with Gasteiger partial charge in [0, 0.05) is 31.9 Å². The Morgan fingerprint density at radius 3 is 3.20 bits per heavy atom. The molecule has 0 fully saturated rings. The molecular weight excluding hydrogens is 316 g/mol. The highest BCUT2D eigenvalue weighted by Crippen LogP contribution is 2.29. The van der Waals surface area contributed by atoms with E-state index in [1.54, 1.807) is 18.6 Å². The summed E-state index contributed by atoms with van der Waals surface area (Å²) in [6.07, 6.45) is 8.74. The first kappa shape index (κ1) is 16.8. The van der Waals surface area contributed by atoms with Gasteiger partial charge in [-0.25, -0.2) is 4.98 Å². The zero-order chi connectivity index (χ0) is 17.6. The number of aromatic nitrogens is 2. The summed E-state index contributed by atoms with van der Waals surface area (Å²) >= 11 is 0. The van der Waals surface area contributed by atoms with E-state index in [0.717, 1.165) is 36.3 Å². The van der Waals surface area contributed by atoms with Crippen molar-refractivity contribution in [3.63, 3.8) is 0 Å². The van der Waals surface area contributed by atoms with Crippen LogP contribution in [0.2, 0.25) is 0 Å². The van der Waals surface area contributed by atoms with E-state index in [1.807, 2.05) is 42.0 Å². The number of nitrogens with one attached hydrogen (secondary N) is 1. The monoisotopic (exact) mass is 336 g/mol. The summed E-state index contributed by atoms with van der Waals surface area (Å²) in [6, 6.07) is 7.71. The number of amides is 1. The van der Waals surface area contributed by atoms with Crippen molar-refractivity contribution >= 4 is 12.0 Å². The van der Waals surface area contributed by atoms with Crippen molar-refractivity contribution < 1.29 is 9.53 Å². The normalized spacial score (nSPS) is 16.0. The van der Waals surface area contributed by atoms with Crippen LogP contribution in [0.25, 0.3) is 6.08 Å². The Balaban J connectivity index is 1.57. The molecule has 25 heavy (non-hydrogen) atoms. The van der Waals surface area contributed by atoms with Crippen LogP contribution in [0.4, 0.5) is 0 Å². The van der Waals surface area contributed by atoms with Crippen LogP contribution in [0.3, 0.4) is 0 Å². The van der Waals surface area contributed by atoms with Crippen LogP contribution in [0.5, 0.6) is 5.75 Å². The van der Waals surface area contributed by atoms with E-state index >= 15 is 0 Å². The van der Waals surface area contributed by atoms with E-state index in [0.29, 0.717) is 6.54 Å². The minimum Gasteiger partial charge on any atom is -0.490 e. The Kier molecular flexibility index (Phi) is 5.14. The van der Waals surface area contributed by atoms with E-state index in [9.17, 15) is 10.1 Å². The molecule has 128 valence electrons. The highest BCUT2D eigenvalue weighted by molar-refractivity contribution is 6.01. The van der Waals surface area contributed by atoms with Gasteiger partial charge in [-0.15, -0.1) is 0 Å². The number of hydrogen-bond donors (Lipinski definition) is 1. The van der Waals surface area contributed by atoms with Gasteiger partial charge in [-0.2, -0.15) is 5.26 Å². The quantitative estimate of drug-likeness (QED) is 0.499. The molecule has 0 aliphatic carbocycles. The number of aryl methyl sites for hydroxylation is 1. The Labute approximate surface area is 146 Å². The molecule has 0 saturated heterocycles.